The molecular formula is C18H25N3O. The van der Waals surface area contributed by atoms with Crippen LogP contribution in [0.4, 0.5) is 0 Å². The standard InChI is InChI=1S/C18H25N3O/c1-13-18(15(3)21(19-13)10-11-22)12-20-9-8-16-6-4-5-7-17(16)14(20)2/h4-7,14,22H,8-12H2,1-3H3. The largest absolute Gasteiger partial charge is 0.394 e. The van der Waals surface area contributed by atoms with E-state index in [9.17, 15) is 0 Å². The lowest BCUT2D eigenvalue weighted by molar-refractivity contribution is 0.189. The molecule has 0 aliphatic carbocycles. The van der Waals surface area contributed by atoms with Crippen LogP contribution < -0.4 is 0 Å². The van der Waals surface area contributed by atoms with Crippen LogP contribution in [0.5, 0.6) is 0 Å². The Bertz CT molecular complexity index is 662. The first kappa shape index (κ1) is 15.3. The fourth-order valence-corrected chi connectivity index (χ4v) is 3.52. The summed E-state index contributed by atoms with van der Waals surface area (Å²) in [7, 11) is 0. The molecule has 0 saturated carbocycles. The lowest BCUT2D eigenvalue weighted by Crippen LogP contribution is -2.33. The summed E-state index contributed by atoms with van der Waals surface area (Å²) in [5, 5.41) is 13.7. The van der Waals surface area contributed by atoms with E-state index in [0.717, 1.165) is 25.2 Å². The van der Waals surface area contributed by atoms with Crippen molar-refractivity contribution in [2.24, 2.45) is 0 Å². The molecule has 2 heterocycles. The molecule has 0 radical (unpaired) electrons. The summed E-state index contributed by atoms with van der Waals surface area (Å²) in [6, 6.07) is 9.20. The number of hydrogen-bond acceptors (Lipinski definition) is 3. The molecule has 1 aliphatic heterocycles. The van der Waals surface area contributed by atoms with Gasteiger partial charge in [0.25, 0.3) is 0 Å². The van der Waals surface area contributed by atoms with Crippen LogP contribution in [0.1, 0.15) is 41.0 Å². The number of aliphatic hydroxyl groups is 1. The van der Waals surface area contributed by atoms with Gasteiger partial charge >= 0.3 is 0 Å². The molecule has 1 unspecified atom stereocenters. The van der Waals surface area contributed by atoms with Crippen molar-refractivity contribution in [3.63, 3.8) is 0 Å². The molecule has 22 heavy (non-hydrogen) atoms. The minimum Gasteiger partial charge on any atom is -0.394 e. The van der Waals surface area contributed by atoms with Gasteiger partial charge in [-0.3, -0.25) is 9.58 Å². The molecule has 4 heteroatoms. The fraction of sp³-hybridized carbons (Fsp3) is 0.500. The van der Waals surface area contributed by atoms with Gasteiger partial charge in [0, 0.05) is 30.4 Å². The number of benzene rings is 1. The Morgan fingerprint density at radius 2 is 2.05 bits per heavy atom. The van der Waals surface area contributed by atoms with Crippen molar-refractivity contribution in [2.45, 2.75) is 46.3 Å². The monoisotopic (exact) mass is 299 g/mol. The van der Waals surface area contributed by atoms with Crippen LogP contribution in [0.25, 0.3) is 0 Å². The van der Waals surface area contributed by atoms with Gasteiger partial charge in [-0.2, -0.15) is 5.10 Å². The van der Waals surface area contributed by atoms with Gasteiger partial charge in [0.05, 0.1) is 18.8 Å². The summed E-state index contributed by atoms with van der Waals surface area (Å²) in [5.74, 6) is 0. The molecule has 0 fully saturated rings. The number of nitrogens with zero attached hydrogens (tertiary/aromatic N) is 3. The third-order valence-electron chi connectivity index (χ3n) is 4.93. The van der Waals surface area contributed by atoms with E-state index in [4.69, 9.17) is 5.11 Å². The molecule has 2 aromatic rings. The van der Waals surface area contributed by atoms with E-state index in [0.29, 0.717) is 12.6 Å². The van der Waals surface area contributed by atoms with Gasteiger partial charge < -0.3 is 5.11 Å². The van der Waals surface area contributed by atoms with Crippen molar-refractivity contribution in [3.8, 4) is 0 Å². The molecule has 118 valence electrons. The predicted octanol–water partition coefficient (Wildman–Crippen LogP) is 2.61. The highest BCUT2D eigenvalue weighted by Gasteiger charge is 2.25. The maximum Gasteiger partial charge on any atom is 0.0644 e. The average molecular weight is 299 g/mol. The molecule has 4 nitrogen and oxygen atoms in total. The van der Waals surface area contributed by atoms with Crippen LogP contribution >= 0.6 is 0 Å². The first-order valence-electron chi connectivity index (χ1n) is 8.07. The second-order valence-electron chi connectivity index (χ2n) is 6.19. The molecule has 0 spiro atoms. The molecule has 1 aliphatic rings. The van der Waals surface area contributed by atoms with E-state index < -0.39 is 0 Å². The second kappa shape index (κ2) is 6.23. The van der Waals surface area contributed by atoms with Gasteiger partial charge in [0.15, 0.2) is 0 Å². The number of hydrogen-bond donors (Lipinski definition) is 1. The van der Waals surface area contributed by atoms with Gasteiger partial charge in [-0.05, 0) is 38.3 Å². The van der Waals surface area contributed by atoms with Gasteiger partial charge in [0.2, 0.25) is 0 Å². The van der Waals surface area contributed by atoms with Crippen LogP contribution in [0.15, 0.2) is 24.3 Å². The van der Waals surface area contributed by atoms with E-state index in [2.05, 4.69) is 55.0 Å². The topological polar surface area (TPSA) is 41.3 Å². The van der Waals surface area contributed by atoms with Gasteiger partial charge in [0.1, 0.15) is 0 Å². The van der Waals surface area contributed by atoms with E-state index in [1.807, 2.05) is 4.68 Å². The fourth-order valence-electron chi connectivity index (χ4n) is 3.52. The van der Waals surface area contributed by atoms with E-state index >= 15 is 0 Å². The van der Waals surface area contributed by atoms with E-state index in [1.54, 1.807) is 0 Å². The molecule has 1 aromatic carbocycles. The molecule has 0 saturated heterocycles. The lowest BCUT2D eigenvalue weighted by atomic mass is 9.93. The molecule has 1 N–H and O–H groups in total. The zero-order valence-corrected chi connectivity index (χ0v) is 13.7. The second-order valence-corrected chi connectivity index (χ2v) is 6.19. The number of fused-ring (bicyclic) bond motifs is 1. The molecule has 0 amide bonds. The van der Waals surface area contributed by atoms with Crippen molar-refractivity contribution in [2.75, 3.05) is 13.2 Å². The smallest absolute Gasteiger partial charge is 0.0644 e. The van der Waals surface area contributed by atoms with Crippen molar-refractivity contribution in [3.05, 3.63) is 52.3 Å². The molecule has 0 bridgehead atoms. The molecular weight excluding hydrogens is 274 g/mol. The SMILES string of the molecule is Cc1nn(CCO)c(C)c1CN1CCc2ccccc2C1C. The van der Waals surface area contributed by atoms with Gasteiger partial charge in [-0.1, -0.05) is 24.3 Å². The highest BCUT2D eigenvalue weighted by Crippen LogP contribution is 2.31. The summed E-state index contributed by atoms with van der Waals surface area (Å²) in [5.41, 5.74) is 6.50. The lowest BCUT2D eigenvalue weighted by Gasteiger charge is -2.35. The van der Waals surface area contributed by atoms with Crippen LogP contribution in [-0.4, -0.2) is 32.9 Å². The van der Waals surface area contributed by atoms with E-state index in [1.165, 1.54) is 22.4 Å². The Morgan fingerprint density at radius 3 is 2.82 bits per heavy atom. The average Bonchev–Trinajstić information content (AvgIpc) is 2.78. The highest BCUT2D eigenvalue weighted by atomic mass is 16.3. The zero-order chi connectivity index (χ0) is 15.7. The molecule has 1 atom stereocenters. The molecule has 1 aromatic heterocycles. The quantitative estimate of drug-likeness (QED) is 0.943. The van der Waals surface area contributed by atoms with Crippen LogP contribution in [0, 0.1) is 13.8 Å². The third kappa shape index (κ3) is 2.69. The van der Waals surface area contributed by atoms with Crippen molar-refractivity contribution in [1.82, 2.24) is 14.7 Å². The Hall–Kier alpha value is -1.65. The summed E-state index contributed by atoms with van der Waals surface area (Å²) < 4.78 is 1.92. The van der Waals surface area contributed by atoms with Gasteiger partial charge in [-0.25, -0.2) is 0 Å². The minimum absolute atomic E-state index is 0.134. The Morgan fingerprint density at radius 1 is 1.27 bits per heavy atom. The number of rotatable bonds is 4. The number of aryl methyl sites for hydroxylation is 1. The zero-order valence-electron chi connectivity index (χ0n) is 13.7. The van der Waals surface area contributed by atoms with Crippen LogP contribution in [0.2, 0.25) is 0 Å². The van der Waals surface area contributed by atoms with Gasteiger partial charge in [-0.15, -0.1) is 0 Å². The van der Waals surface area contributed by atoms with Crippen molar-refractivity contribution in [1.29, 1.82) is 0 Å². The summed E-state index contributed by atoms with van der Waals surface area (Å²) in [6.45, 7) is 9.19. The van der Waals surface area contributed by atoms with Crippen molar-refractivity contribution < 1.29 is 5.11 Å². The maximum absolute atomic E-state index is 9.15. The molecule has 3 rings (SSSR count). The minimum atomic E-state index is 0.134. The number of aromatic nitrogens is 2. The normalized spacial score (nSPS) is 18.5. The van der Waals surface area contributed by atoms with Crippen LogP contribution in [-0.2, 0) is 19.5 Å². The number of aliphatic hydroxyl groups excluding tert-OH is 1. The maximum atomic E-state index is 9.15. The summed E-state index contributed by atoms with van der Waals surface area (Å²) in [6.07, 6.45) is 1.11. The van der Waals surface area contributed by atoms with E-state index in [-0.39, 0.29) is 6.61 Å². The summed E-state index contributed by atoms with van der Waals surface area (Å²) in [4.78, 5) is 2.53. The predicted molar refractivity (Wildman–Crippen MR) is 87.8 cm³/mol. The Labute approximate surface area is 132 Å². The summed E-state index contributed by atoms with van der Waals surface area (Å²) >= 11 is 0. The Kier molecular flexibility index (Phi) is 4.32. The third-order valence-corrected chi connectivity index (χ3v) is 4.93. The Balaban J connectivity index is 1.83. The van der Waals surface area contributed by atoms with Crippen molar-refractivity contribution >= 4 is 0 Å². The highest BCUT2D eigenvalue weighted by molar-refractivity contribution is 5.33. The first-order chi connectivity index (χ1) is 10.6. The van der Waals surface area contributed by atoms with Crippen LogP contribution in [0.3, 0.4) is 0 Å². The first-order valence-corrected chi connectivity index (χ1v) is 8.07.